The SMILES string of the molecule is COc1cccc2c1C(=O)N1CCc3ccccc3C1(C(=O)O)C2. The van der Waals surface area contributed by atoms with E-state index in [1.54, 1.807) is 12.1 Å². The second kappa shape index (κ2) is 5.09. The molecule has 2 aromatic rings. The number of methoxy groups -OCH3 is 1. The molecule has 0 fully saturated rings. The smallest absolute Gasteiger partial charge is 0.334 e. The fraction of sp³-hybridized carbons (Fsp3) is 0.263. The summed E-state index contributed by atoms with van der Waals surface area (Å²) < 4.78 is 5.33. The number of carbonyl (C=O) groups is 2. The van der Waals surface area contributed by atoms with Crippen LogP contribution in [0.1, 0.15) is 27.0 Å². The predicted octanol–water partition coefficient (Wildman–Crippen LogP) is 2.23. The third-order valence-corrected chi connectivity index (χ3v) is 5.12. The number of carboxylic acids is 1. The van der Waals surface area contributed by atoms with Gasteiger partial charge < -0.3 is 14.7 Å². The highest BCUT2D eigenvalue weighted by atomic mass is 16.5. The monoisotopic (exact) mass is 323 g/mol. The van der Waals surface area contributed by atoms with Crippen molar-refractivity contribution in [3.63, 3.8) is 0 Å². The average Bonchev–Trinajstić information content (AvgIpc) is 2.60. The number of hydrogen-bond donors (Lipinski definition) is 1. The molecule has 122 valence electrons. The lowest BCUT2D eigenvalue weighted by Crippen LogP contribution is -2.61. The van der Waals surface area contributed by atoms with Gasteiger partial charge in [0.2, 0.25) is 0 Å². The van der Waals surface area contributed by atoms with Crippen LogP contribution in [0.2, 0.25) is 0 Å². The zero-order valence-corrected chi connectivity index (χ0v) is 13.3. The molecule has 2 aliphatic rings. The van der Waals surface area contributed by atoms with Gasteiger partial charge in [-0.15, -0.1) is 0 Å². The zero-order valence-electron chi connectivity index (χ0n) is 13.3. The van der Waals surface area contributed by atoms with Crippen LogP contribution < -0.4 is 4.74 Å². The van der Waals surface area contributed by atoms with Crippen LogP contribution in [0.3, 0.4) is 0 Å². The summed E-state index contributed by atoms with van der Waals surface area (Å²) in [5, 5.41) is 10.1. The Morgan fingerprint density at radius 2 is 1.92 bits per heavy atom. The normalized spacial score (nSPS) is 21.5. The lowest BCUT2D eigenvalue weighted by molar-refractivity contribution is -0.151. The second-order valence-corrected chi connectivity index (χ2v) is 6.20. The van der Waals surface area contributed by atoms with E-state index in [4.69, 9.17) is 4.74 Å². The van der Waals surface area contributed by atoms with E-state index in [2.05, 4.69) is 0 Å². The van der Waals surface area contributed by atoms with E-state index in [-0.39, 0.29) is 12.3 Å². The number of rotatable bonds is 2. The zero-order chi connectivity index (χ0) is 16.9. The molecule has 0 aromatic heterocycles. The van der Waals surface area contributed by atoms with Gasteiger partial charge in [0, 0.05) is 13.0 Å². The third kappa shape index (κ3) is 1.75. The molecule has 5 nitrogen and oxygen atoms in total. The topological polar surface area (TPSA) is 66.8 Å². The van der Waals surface area contributed by atoms with Crippen LogP contribution in [-0.4, -0.2) is 35.5 Å². The Morgan fingerprint density at radius 3 is 2.67 bits per heavy atom. The van der Waals surface area contributed by atoms with Crippen molar-refractivity contribution in [2.75, 3.05) is 13.7 Å². The van der Waals surface area contributed by atoms with Gasteiger partial charge in [0.15, 0.2) is 5.54 Å². The van der Waals surface area contributed by atoms with Gasteiger partial charge in [0.05, 0.1) is 12.7 Å². The number of fused-ring (bicyclic) bond motifs is 4. The Balaban J connectivity index is 2.00. The molecule has 2 heterocycles. The van der Waals surface area contributed by atoms with E-state index in [1.165, 1.54) is 12.0 Å². The highest BCUT2D eigenvalue weighted by molar-refractivity contribution is 6.04. The minimum absolute atomic E-state index is 0.248. The first kappa shape index (κ1) is 14.8. The molecule has 2 aromatic carbocycles. The highest BCUT2D eigenvalue weighted by Crippen LogP contribution is 2.45. The van der Waals surface area contributed by atoms with E-state index in [0.29, 0.717) is 29.8 Å². The molecule has 0 radical (unpaired) electrons. The van der Waals surface area contributed by atoms with Gasteiger partial charge in [-0.05, 0) is 29.2 Å². The van der Waals surface area contributed by atoms with Gasteiger partial charge in [-0.25, -0.2) is 4.79 Å². The predicted molar refractivity (Wildman–Crippen MR) is 87.2 cm³/mol. The van der Waals surface area contributed by atoms with E-state index in [0.717, 1.165) is 11.1 Å². The molecule has 24 heavy (non-hydrogen) atoms. The Bertz CT molecular complexity index is 860. The molecular weight excluding hydrogens is 306 g/mol. The minimum atomic E-state index is -1.34. The van der Waals surface area contributed by atoms with E-state index < -0.39 is 11.5 Å². The van der Waals surface area contributed by atoms with Gasteiger partial charge in [0.1, 0.15) is 5.75 Å². The summed E-state index contributed by atoms with van der Waals surface area (Å²) in [5.74, 6) is -0.766. The lowest BCUT2D eigenvalue weighted by atomic mass is 9.73. The average molecular weight is 323 g/mol. The van der Waals surface area contributed by atoms with Crippen LogP contribution in [0.15, 0.2) is 42.5 Å². The highest BCUT2D eigenvalue weighted by Gasteiger charge is 2.55. The van der Waals surface area contributed by atoms with Crippen molar-refractivity contribution in [3.8, 4) is 5.75 Å². The van der Waals surface area contributed by atoms with Crippen molar-refractivity contribution in [1.29, 1.82) is 0 Å². The summed E-state index contributed by atoms with van der Waals surface area (Å²) in [5.41, 5.74) is 1.57. The Labute approximate surface area is 139 Å². The molecule has 0 saturated heterocycles. The number of ether oxygens (including phenoxy) is 1. The van der Waals surface area contributed by atoms with Crippen molar-refractivity contribution >= 4 is 11.9 Å². The number of benzene rings is 2. The van der Waals surface area contributed by atoms with Crippen LogP contribution in [0.5, 0.6) is 5.75 Å². The van der Waals surface area contributed by atoms with Crippen LogP contribution in [0.25, 0.3) is 0 Å². The van der Waals surface area contributed by atoms with Gasteiger partial charge >= 0.3 is 5.97 Å². The van der Waals surface area contributed by atoms with Crippen LogP contribution in [-0.2, 0) is 23.2 Å². The first-order valence-corrected chi connectivity index (χ1v) is 7.89. The molecule has 1 atom stereocenters. The van der Waals surface area contributed by atoms with Gasteiger partial charge in [-0.1, -0.05) is 36.4 Å². The first-order chi connectivity index (χ1) is 11.6. The number of amides is 1. The summed E-state index contributed by atoms with van der Waals surface area (Å²) in [6, 6.07) is 12.9. The number of carboxylic acid groups (broad SMARTS) is 1. The van der Waals surface area contributed by atoms with Crippen LogP contribution >= 0.6 is 0 Å². The van der Waals surface area contributed by atoms with Gasteiger partial charge in [-0.3, -0.25) is 4.79 Å². The molecular formula is C19H17NO4. The quantitative estimate of drug-likeness (QED) is 0.920. The standard InChI is InChI=1S/C19H17NO4/c1-24-15-8-4-6-13-11-19(18(22)23)14-7-3-2-5-12(14)9-10-20(19)17(21)16(13)15/h2-8H,9-11H2,1H3,(H,22,23). The van der Waals surface area contributed by atoms with Crippen molar-refractivity contribution in [1.82, 2.24) is 4.90 Å². The first-order valence-electron chi connectivity index (χ1n) is 7.89. The van der Waals surface area contributed by atoms with Gasteiger partial charge in [-0.2, -0.15) is 0 Å². The molecule has 1 amide bonds. The Kier molecular flexibility index (Phi) is 3.13. The van der Waals surface area contributed by atoms with E-state index in [1.807, 2.05) is 30.3 Å². The summed E-state index contributed by atoms with van der Waals surface area (Å²) in [4.78, 5) is 27.0. The van der Waals surface area contributed by atoms with Gasteiger partial charge in [0.25, 0.3) is 5.91 Å². The summed E-state index contributed by atoms with van der Waals surface area (Å²) in [7, 11) is 1.52. The molecule has 2 aliphatic heterocycles. The fourth-order valence-corrected chi connectivity index (χ4v) is 4.03. The number of hydrogen-bond acceptors (Lipinski definition) is 3. The maximum Gasteiger partial charge on any atom is 0.334 e. The maximum atomic E-state index is 13.1. The van der Waals surface area contributed by atoms with Crippen LogP contribution in [0, 0.1) is 0 Å². The molecule has 5 heteroatoms. The van der Waals surface area contributed by atoms with E-state index in [9.17, 15) is 14.7 Å². The van der Waals surface area contributed by atoms with Crippen LogP contribution in [0.4, 0.5) is 0 Å². The number of nitrogens with zero attached hydrogens (tertiary/aromatic N) is 1. The summed E-state index contributed by atoms with van der Waals surface area (Å²) >= 11 is 0. The Hall–Kier alpha value is -2.82. The molecule has 1 N–H and O–H groups in total. The molecule has 0 bridgehead atoms. The molecule has 0 spiro atoms. The Morgan fingerprint density at radius 1 is 1.17 bits per heavy atom. The summed E-state index contributed by atoms with van der Waals surface area (Å²) in [6.07, 6.45) is 0.902. The van der Waals surface area contributed by atoms with Crippen molar-refractivity contribution in [2.24, 2.45) is 0 Å². The minimum Gasteiger partial charge on any atom is -0.496 e. The number of aliphatic carboxylic acids is 1. The van der Waals surface area contributed by atoms with Crippen molar-refractivity contribution in [3.05, 3.63) is 64.7 Å². The van der Waals surface area contributed by atoms with Crippen molar-refractivity contribution < 1.29 is 19.4 Å². The second-order valence-electron chi connectivity index (χ2n) is 6.20. The lowest BCUT2D eigenvalue weighted by Gasteiger charge is -2.48. The third-order valence-electron chi connectivity index (χ3n) is 5.12. The summed E-state index contributed by atoms with van der Waals surface area (Å²) in [6.45, 7) is 0.389. The fourth-order valence-electron chi connectivity index (χ4n) is 4.03. The molecule has 0 aliphatic carbocycles. The maximum absolute atomic E-state index is 13.1. The molecule has 0 saturated carbocycles. The number of carbonyl (C=O) groups excluding carboxylic acids is 1. The van der Waals surface area contributed by atoms with Crippen molar-refractivity contribution in [2.45, 2.75) is 18.4 Å². The van der Waals surface area contributed by atoms with E-state index >= 15 is 0 Å². The molecule has 1 unspecified atom stereocenters. The largest absolute Gasteiger partial charge is 0.496 e. The molecule has 4 rings (SSSR count).